The molecule has 0 atom stereocenters. The Hall–Kier alpha value is -2.49. The lowest BCUT2D eigenvalue weighted by Gasteiger charge is -2.12. The first-order valence-corrected chi connectivity index (χ1v) is 7.81. The van der Waals surface area contributed by atoms with Crippen molar-refractivity contribution in [3.05, 3.63) is 59.7 Å². The number of hydrogen-bond acceptors (Lipinski definition) is 4. The van der Waals surface area contributed by atoms with Gasteiger partial charge in [-0.3, -0.25) is 0 Å². The van der Waals surface area contributed by atoms with E-state index in [4.69, 9.17) is 9.47 Å². The largest absolute Gasteiger partial charge is 0.494 e. The highest BCUT2D eigenvalue weighted by Crippen LogP contribution is 2.18. The lowest BCUT2D eigenvalue weighted by molar-refractivity contribution is 0.0601. The van der Waals surface area contributed by atoms with Gasteiger partial charge in [0.1, 0.15) is 5.75 Å². The van der Waals surface area contributed by atoms with E-state index in [0.717, 1.165) is 36.4 Å². The molecule has 0 unspecified atom stereocenters. The van der Waals surface area contributed by atoms with Crippen molar-refractivity contribution in [1.82, 2.24) is 0 Å². The molecule has 4 heteroatoms. The lowest BCUT2D eigenvalue weighted by Crippen LogP contribution is -2.10. The fourth-order valence-corrected chi connectivity index (χ4v) is 2.25. The van der Waals surface area contributed by atoms with Crippen molar-refractivity contribution in [3.8, 4) is 5.75 Å². The van der Waals surface area contributed by atoms with Crippen LogP contribution in [0.25, 0.3) is 0 Å². The van der Waals surface area contributed by atoms with Gasteiger partial charge in [0, 0.05) is 12.2 Å². The summed E-state index contributed by atoms with van der Waals surface area (Å²) in [7, 11) is 1.40. The third kappa shape index (κ3) is 5.33. The molecule has 2 rings (SSSR count). The van der Waals surface area contributed by atoms with Gasteiger partial charge in [-0.25, -0.2) is 4.79 Å². The predicted octanol–water partition coefficient (Wildman–Crippen LogP) is 4.05. The number of carbonyl (C=O) groups excluding carboxylic acids is 1. The second-order valence-corrected chi connectivity index (χ2v) is 5.34. The second kappa shape index (κ2) is 8.83. The summed E-state index contributed by atoms with van der Waals surface area (Å²) in [4.78, 5) is 11.8. The molecule has 0 bridgehead atoms. The van der Waals surface area contributed by atoms with Crippen LogP contribution in [-0.2, 0) is 4.74 Å². The van der Waals surface area contributed by atoms with Crippen molar-refractivity contribution in [2.75, 3.05) is 25.6 Å². The Bertz CT molecular complexity index is 626. The number of unbranched alkanes of at least 4 members (excludes halogenated alkanes) is 1. The van der Waals surface area contributed by atoms with Gasteiger partial charge in [-0.1, -0.05) is 29.8 Å². The van der Waals surface area contributed by atoms with E-state index in [0.29, 0.717) is 12.2 Å². The summed E-state index contributed by atoms with van der Waals surface area (Å²) in [6.07, 6.45) is 1.91. The Morgan fingerprint density at radius 3 is 2.61 bits per heavy atom. The molecule has 0 saturated carbocycles. The molecule has 1 N–H and O–H groups in total. The molecule has 4 nitrogen and oxygen atoms in total. The molecule has 0 spiro atoms. The van der Waals surface area contributed by atoms with E-state index in [2.05, 4.69) is 5.32 Å². The molecule has 0 amide bonds. The standard InChI is InChI=1S/C19H23NO3/c1-15-10-11-18(17(14-15)19(21)22-2)20-12-6-7-13-23-16-8-4-3-5-9-16/h3-5,8-11,14,20H,6-7,12-13H2,1-2H3. The Labute approximate surface area is 137 Å². The van der Waals surface area contributed by atoms with E-state index < -0.39 is 0 Å². The number of rotatable bonds is 8. The van der Waals surface area contributed by atoms with Crippen molar-refractivity contribution in [3.63, 3.8) is 0 Å². The number of hydrogen-bond donors (Lipinski definition) is 1. The first-order valence-electron chi connectivity index (χ1n) is 7.81. The molecule has 0 radical (unpaired) electrons. The van der Waals surface area contributed by atoms with Crippen molar-refractivity contribution in [2.24, 2.45) is 0 Å². The normalized spacial score (nSPS) is 10.2. The van der Waals surface area contributed by atoms with Crippen LogP contribution in [0.5, 0.6) is 5.75 Å². The third-order valence-electron chi connectivity index (χ3n) is 3.48. The second-order valence-electron chi connectivity index (χ2n) is 5.34. The predicted molar refractivity (Wildman–Crippen MR) is 92.2 cm³/mol. The highest BCUT2D eigenvalue weighted by Gasteiger charge is 2.11. The van der Waals surface area contributed by atoms with Crippen LogP contribution in [0.4, 0.5) is 5.69 Å². The van der Waals surface area contributed by atoms with Gasteiger partial charge in [0.05, 0.1) is 19.3 Å². The quantitative estimate of drug-likeness (QED) is 0.590. The smallest absolute Gasteiger partial charge is 0.339 e. The molecular weight excluding hydrogens is 290 g/mol. The summed E-state index contributed by atoms with van der Waals surface area (Å²) in [5, 5.41) is 3.30. The molecule has 0 aliphatic rings. The van der Waals surface area contributed by atoms with Crippen molar-refractivity contribution in [2.45, 2.75) is 19.8 Å². The van der Waals surface area contributed by atoms with Crippen molar-refractivity contribution in [1.29, 1.82) is 0 Å². The zero-order valence-corrected chi connectivity index (χ0v) is 13.7. The number of anilines is 1. The Morgan fingerprint density at radius 1 is 1.09 bits per heavy atom. The van der Waals surface area contributed by atoms with Crippen LogP contribution in [0.3, 0.4) is 0 Å². The molecule has 0 saturated heterocycles. The van der Waals surface area contributed by atoms with Crippen LogP contribution in [0.1, 0.15) is 28.8 Å². The fourth-order valence-electron chi connectivity index (χ4n) is 2.25. The minimum atomic E-state index is -0.316. The number of esters is 1. The molecule has 2 aromatic carbocycles. The number of ether oxygens (including phenoxy) is 2. The summed E-state index contributed by atoms with van der Waals surface area (Å²) in [5.74, 6) is 0.579. The number of aryl methyl sites for hydroxylation is 1. The van der Waals surface area contributed by atoms with Gasteiger partial charge in [0.25, 0.3) is 0 Å². The summed E-state index contributed by atoms with van der Waals surface area (Å²) in [5.41, 5.74) is 2.42. The fraction of sp³-hybridized carbons (Fsp3) is 0.316. The van der Waals surface area contributed by atoms with Crippen LogP contribution in [0.15, 0.2) is 48.5 Å². The minimum absolute atomic E-state index is 0.316. The average Bonchev–Trinajstić information content (AvgIpc) is 2.59. The van der Waals surface area contributed by atoms with Gasteiger partial charge < -0.3 is 14.8 Å². The average molecular weight is 313 g/mol. The van der Waals surface area contributed by atoms with Gasteiger partial charge in [-0.15, -0.1) is 0 Å². The molecule has 122 valence electrons. The summed E-state index contributed by atoms with van der Waals surface area (Å²) < 4.78 is 10.5. The zero-order valence-electron chi connectivity index (χ0n) is 13.7. The maximum absolute atomic E-state index is 11.8. The van der Waals surface area contributed by atoms with Crippen molar-refractivity contribution < 1.29 is 14.3 Å². The zero-order chi connectivity index (χ0) is 16.5. The van der Waals surface area contributed by atoms with E-state index in [1.807, 2.05) is 55.5 Å². The van der Waals surface area contributed by atoms with Crippen molar-refractivity contribution >= 4 is 11.7 Å². The molecule has 0 heterocycles. The van der Waals surface area contributed by atoms with Crippen LogP contribution >= 0.6 is 0 Å². The van der Waals surface area contributed by atoms with Gasteiger partial charge >= 0.3 is 5.97 Å². The van der Waals surface area contributed by atoms with E-state index in [9.17, 15) is 4.79 Å². The molecule has 0 fully saturated rings. The van der Waals surface area contributed by atoms with E-state index in [-0.39, 0.29) is 5.97 Å². The molecule has 2 aromatic rings. The molecule has 0 aliphatic carbocycles. The van der Waals surface area contributed by atoms with Crippen LogP contribution in [-0.4, -0.2) is 26.2 Å². The van der Waals surface area contributed by atoms with Crippen LogP contribution in [0, 0.1) is 6.92 Å². The maximum atomic E-state index is 11.8. The number of benzene rings is 2. The lowest BCUT2D eigenvalue weighted by atomic mass is 10.1. The van der Waals surface area contributed by atoms with Gasteiger partial charge in [0.2, 0.25) is 0 Å². The maximum Gasteiger partial charge on any atom is 0.339 e. The number of methoxy groups -OCH3 is 1. The van der Waals surface area contributed by atoms with Gasteiger partial charge in [-0.2, -0.15) is 0 Å². The van der Waals surface area contributed by atoms with E-state index in [1.54, 1.807) is 0 Å². The highest BCUT2D eigenvalue weighted by molar-refractivity contribution is 5.95. The Balaban J connectivity index is 1.75. The minimum Gasteiger partial charge on any atom is -0.494 e. The molecule has 0 aliphatic heterocycles. The van der Waals surface area contributed by atoms with Crippen LogP contribution < -0.4 is 10.1 Å². The first kappa shape index (κ1) is 16.9. The van der Waals surface area contributed by atoms with E-state index >= 15 is 0 Å². The number of para-hydroxylation sites is 1. The number of nitrogens with one attached hydrogen (secondary N) is 1. The van der Waals surface area contributed by atoms with Crippen LogP contribution in [0.2, 0.25) is 0 Å². The SMILES string of the molecule is COC(=O)c1cc(C)ccc1NCCCCOc1ccccc1. The van der Waals surface area contributed by atoms with E-state index in [1.165, 1.54) is 7.11 Å². The Morgan fingerprint density at radius 2 is 1.87 bits per heavy atom. The number of carbonyl (C=O) groups is 1. The highest BCUT2D eigenvalue weighted by atomic mass is 16.5. The topological polar surface area (TPSA) is 47.6 Å². The van der Waals surface area contributed by atoms with Gasteiger partial charge in [-0.05, 0) is 44.0 Å². The first-order chi connectivity index (χ1) is 11.2. The third-order valence-corrected chi connectivity index (χ3v) is 3.48. The Kier molecular flexibility index (Phi) is 6.48. The molecule has 0 aromatic heterocycles. The summed E-state index contributed by atoms with van der Waals surface area (Å²) >= 11 is 0. The monoisotopic (exact) mass is 313 g/mol. The summed E-state index contributed by atoms with van der Waals surface area (Å²) in [6.45, 7) is 3.42. The summed E-state index contributed by atoms with van der Waals surface area (Å²) in [6, 6.07) is 15.5. The van der Waals surface area contributed by atoms with Gasteiger partial charge in [0.15, 0.2) is 0 Å². The molecule has 23 heavy (non-hydrogen) atoms. The molecular formula is C19H23NO3.